The number of halogens is 1. The number of anilines is 1. The first-order valence-corrected chi connectivity index (χ1v) is 6.53. The van der Waals surface area contributed by atoms with Crippen molar-refractivity contribution in [3.8, 4) is 0 Å². The van der Waals surface area contributed by atoms with Crippen molar-refractivity contribution < 1.29 is 14.7 Å². The average molecular weight is 335 g/mol. The van der Waals surface area contributed by atoms with Crippen molar-refractivity contribution in [1.82, 2.24) is 4.98 Å². The third-order valence-corrected chi connectivity index (χ3v) is 3.24. The number of hydrogen-bond donors (Lipinski definition) is 2. The summed E-state index contributed by atoms with van der Waals surface area (Å²) in [4.78, 5) is 27.1. The zero-order valence-corrected chi connectivity index (χ0v) is 12.1. The van der Waals surface area contributed by atoms with Crippen LogP contribution in [-0.2, 0) is 0 Å². The number of carboxylic acids is 1. The molecule has 1 aromatic carbocycles. The number of benzene rings is 1. The summed E-state index contributed by atoms with van der Waals surface area (Å²) in [5, 5.41) is 11.6. The molecule has 5 nitrogen and oxygen atoms in total. The van der Waals surface area contributed by atoms with E-state index in [0.717, 1.165) is 10.0 Å². The summed E-state index contributed by atoms with van der Waals surface area (Å²) in [6, 6.07) is 6.66. The number of carbonyl (C=O) groups is 2. The number of nitrogens with zero attached hydrogens (tertiary/aromatic N) is 1. The van der Waals surface area contributed by atoms with Crippen LogP contribution in [0.25, 0.3) is 0 Å². The van der Waals surface area contributed by atoms with Gasteiger partial charge in [-0.25, -0.2) is 4.79 Å². The quantitative estimate of drug-likeness (QED) is 0.903. The zero-order chi connectivity index (χ0) is 14.7. The minimum Gasteiger partial charge on any atom is -0.478 e. The Morgan fingerprint density at radius 3 is 2.70 bits per heavy atom. The predicted octanol–water partition coefficient (Wildman–Crippen LogP) is 3.10. The highest BCUT2D eigenvalue weighted by Crippen LogP contribution is 2.19. The molecule has 1 heterocycles. The molecule has 0 saturated heterocycles. The van der Waals surface area contributed by atoms with Gasteiger partial charge in [-0.15, -0.1) is 0 Å². The third-order valence-electron chi connectivity index (χ3n) is 2.74. The molecule has 0 atom stereocenters. The number of carboxylic acid groups (broad SMARTS) is 1. The highest BCUT2D eigenvalue weighted by Gasteiger charge is 2.15. The van der Waals surface area contributed by atoms with E-state index in [9.17, 15) is 9.59 Å². The minimum absolute atomic E-state index is 0.000926. The van der Waals surface area contributed by atoms with E-state index in [0.29, 0.717) is 5.56 Å². The van der Waals surface area contributed by atoms with Crippen LogP contribution in [0.5, 0.6) is 0 Å². The van der Waals surface area contributed by atoms with Crippen molar-refractivity contribution >= 4 is 33.5 Å². The van der Waals surface area contributed by atoms with Crippen molar-refractivity contribution in [3.05, 3.63) is 57.8 Å². The van der Waals surface area contributed by atoms with Crippen molar-refractivity contribution in [2.24, 2.45) is 0 Å². The Bertz CT molecular complexity index is 686. The fourth-order valence-corrected chi connectivity index (χ4v) is 2.07. The standard InChI is InChI=1S/C14H11BrN2O3/c1-8-2-3-9(15)6-11(8)13(18)17-12-7-16-5-4-10(12)14(19)20/h2-7H,1H3,(H,17,18)(H,19,20). The van der Waals surface area contributed by atoms with Gasteiger partial charge in [-0.3, -0.25) is 9.78 Å². The average Bonchev–Trinajstić information content (AvgIpc) is 2.41. The number of aryl methyl sites for hydroxylation is 1. The van der Waals surface area contributed by atoms with Crippen LogP contribution in [0.4, 0.5) is 5.69 Å². The van der Waals surface area contributed by atoms with Gasteiger partial charge in [0.15, 0.2) is 0 Å². The monoisotopic (exact) mass is 334 g/mol. The zero-order valence-electron chi connectivity index (χ0n) is 10.6. The lowest BCUT2D eigenvalue weighted by molar-refractivity contribution is 0.0698. The summed E-state index contributed by atoms with van der Waals surface area (Å²) < 4.78 is 0.776. The summed E-state index contributed by atoms with van der Waals surface area (Å²) in [5.41, 5.74) is 1.44. The fraction of sp³-hybridized carbons (Fsp3) is 0.0714. The van der Waals surface area contributed by atoms with Crippen LogP contribution in [-0.4, -0.2) is 22.0 Å². The van der Waals surface area contributed by atoms with E-state index in [2.05, 4.69) is 26.2 Å². The second kappa shape index (κ2) is 5.83. The van der Waals surface area contributed by atoms with Crippen LogP contribution in [0.2, 0.25) is 0 Å². The molecule has 0 fully saturated rings. The van der Waals surface area contributed by atoms with Gasteiger partial charge in [-0.2, -0.15) is 0 Å². The number of hydrogen-bond acceptors (Lipinski definition) is 3. The Morgan fingerprint density at radius 2 is 2.00 bits per heavy atom. The van der Waals surface area contributed by atoms with E-state index in [1.54, 1.807) is 12.1 Å². The van der Waals surface area contributed by atoms with Crippen molar-refractivity contribution in [2.45, 2.75) is 6.92 Å². The van der Waals surface area contributed by atoms with Gasteiger partial charge in [0.2, 0.25) is 0 Å². The molecule has 0 spiro atoms. The fourth-order valence-electron chi connectivity index (χ4n) is 1.71. The molecular formula is C14H11BrN2O3. The summed E-state index contributed by atoms with van der Waals surface area (Å²) in [7, 11) is 0. The molecule has 0 aliphatic heterocycles. The first kappa shape index (κ1) is 14.2. The first-order chi connectivity index (χ1) is 9.49. The Kier molecular flexibility index (Phi) is 4.14. The van der Waals surface area contributed by atoms with E-state index >= 15 is 0 Å². The van der Waals surface area contributed by atoms with Crippen molar-refractivity contribution in [1.29, 1.82) is 0 Å². The number of carbonyl (C=O) groups excluding carboxylic acids is 1. The maximum absolute atomic E-state index is 12.2. The molecular weight excluding hydrogens is 324 g/mol. The summed E-state index contributed by atoms with van der Waals surface area (Å²) in [6.07, 6.45) is 2.68. The minimum atomic E-state index is -1.12. The Labute approximate surface area is 123 Å². The van der Waals surface area contributed by atoms with E-state index in [1.807, 2.05) is 13.0 Å². The number of aromatic nitrogens is 1. The van der Waals surface area contributed by atoms with Gasteiger partial charge in [0.25, 0.3) is 5.91 Å². The number of aromatic carboxylic acids is 1. The Hall–Kier alpha value is -2.21. The van der Waals surface area contributed by atoms with Crippen LogP contribution >= 0.6 is 15.9 Å². The van der Waals surface area contributed by atoms with Gasteiger partial charge in [0, 0.05) is 16.2 Å². The molecule has 1 amide bonds. The smallest absolute Gasteiger partial charge is 0.337 e. The van der Waals surface area contributed by atoms with Crippen LogP contribution in [0.3, 0.4) is 0 Å². The Morgan fingerprint density at radius 1 is 1.25 bits per heavy atom. The topological polar surface area (TPSA) is 79.3 Å². The molecule has 0 aliphatic carbocycles. The molecule has 0 saturated carbocycles. The van der Waals surface area contributed by atoms with Crippen LogP contribution in [0.1, 0.15) is 26.3 Å². The van der Waals surface area contributed by atoms with Gasteiger partial charge in [0.1, 0.15) is 0 Å². The highest BCUT2D eigenvalue weighted by molar-refractivity contribution is 9.10. The van der Waals surface area contributed by atoms with Gasteiger partial charge >= 0.3 is 5.97 Å². The van der Waals surface area contributed by atoms with E-state index in [1.165, 1.54) is 18.5 Å². The molecule has 0 aliphatic rings. The molecule has 6 heteroatoms. The molecule has 0 unspecified atom stereocenters. The predicted molar refractivity (Wildman–Crippen MR) is 78.0 cm³/mol. The lowest BCUT2D eigenvalue weighted by Gasteiger charge is -2.09. The molecule has 102 valence electrons. The lowest BCUT2D eigenvalue weighted by atomic mass is 10.1. The highest BCUT2D eigenvalue weighted by atomic mass is 79.9. The van der Waals surface area contributed by atoms with E-state index in [4.69, 9.17) is 5.11 Å². The number of amides is 1. The van der Waals surface area contributed by atoms with Gasteiger partial charge in [-0.1, -0.05) is 22.0 Å². The second-order valence-corrected chi connectivity index (χ2v) is 5.06. The van der Waals surface area contributed by atoms with E-state index in [-0.39, 0.29) is 17.2 Å². The number of rotatable bonds is 3. The summed E-state index contributed by atoms with van der Waals surface area (Å²) in [5.74, 6) is -1.49. The van der Waals surface area contributed by atoms with Crippen LogP contribution in [0, 0.1) is 6.92 Å². The summed E-state index contributed by atoms with van der Waals surface area (Å²) in [6.45, 7) is 1.81. The lowest BCUT2D eigenvalue weighted by Crippen LogP contribution is -2.16. The SMILES string of the molecule is Cc1ccc(Br)cc1C(=O)Nc1cnccc1C(=O)O. The first-order valence-electron chi connectivity index (χ1n) is 5.74. The Balaban J connectivity index is 2.33. The molecule has 0 bridgehead atoms. The number of nitrogens with one attached hydrogen (secondary N) is 1. The molecule has 2 rings (SSSR count). The molecule has 20 heavy (non-hydrogen) atoms. The maximum Gasteiger partial charge on any atom is 0.337 e. The van der Waals surface area contributed by atoms with Crippen molar-refractivity contribution in [2.75, 3.05) is 5.32 Å². The summed E-state index contributed by atoms with van der Waals surface area (Å²) >= 11 is 3.30. The van der Waals surface area contributed by atoms with Crippen molar-refractivity contribution in [3.63, 3.8) is 0 Å². The van der Waals surface area contributed by atoms with Gasteiger partial charge in [-0.05, 0) is 30.7 Å². The molecule has 2 N–H and O–H groups in total. The van der Waals surface area contributed by atoms with Gasteiger partial charge < -0.3 is 10.4 Å². The van der Waals surface area contributed by atoms with Crippen LogP contribution in [0.15, 0.2) is 41.1 Å². The second-order valence-electron chi connectivity index (χ2n) is 4.14. The van der Waals surface area contributed by atoms with Crippen LogP contribution < -0.4 is 5.32 Å². The van der Waals surface area contributed by atoms with Gasteiger partial charge in [0.05, 0.1) is 17.4 Å². The van der Waals surface area contributed by atoms with E-state index < -0.39 is 5.97 Å². The third kappa shape index (κ3) is 3.03. The molecule has 1 aromatic heterocycles. The normalized spacial score (nSPS) is 10.1. The molecule has 2 aromatic rings. The molecule has 0 radical (unpaired) electrons. The largest absolute Gasteiger partial charge is 0.478 e. The maximum atomic E-state index is 12.2. The number of pyridine rings is 1.